The lowest BCUT2D eigenvalue weighted by atomic mass is 10.1. The zero-order chi connectivity index (χ0) is 20.7. The first kappa shape index (κ1) is 21.4. The Morgan fingerprint density at radius 1 is 1.04 bits per heavy atom. The number of anilines is 1. The molecule has 2 aromatic carbocycles. The Labute approximate surface area is 169 Å². The van der Waals surface area contributed by atoms with Crippen LogP contribution < -0.4 is 10.6 Å². The monoisotopic (exact) mass is 402 g/mol. The van der Waals surface area contributed by atoms with Gasteiger partial charge in [0.05, 0.1) is 13.0 Å². The molecular formula is C21H23ClN2O4. The van der Waals surface area contributed by atoms with Crippen LogP contribution in [0.5, 0.6) is 0 Å². The van der Waals surface area contributed by atoms with Gasteiger partial charge in [-0.05, 0) is 43.5 Å². The van der Waals surface area contributed by atoms with Crippen molar-refractivity contribution >= 4 is 35.1 Å². The van der Waals surface area contributed by atoms with E-state index in [1.165, 1.54) is 6.92 Å². The van der Waals surface area contributed by atoms with Crippen LogP contribution in [0.1, 0.15) is 23.6 Å². The number of carbonyl (C=O) groups is 3. The number of esters is 1. The summed E-state index contributed by atoms with van der Waals surface area (Å²) in [6.45, 7) is 5.01. The van der Waals surface area contributed by atoms with E-state index in [2.05, 4.69) is 10.6 Å². The lowest BCUT2D eigenvalue weighted by molar-refractivity contribution is -0.154. The molecule has 0 fully saturated rings. The van der Waals surface area contributed by atoms with Crippen LogP contribution in [-0.4, -0.2) is 30.4 Å². The number of hydrogen-bond donors (Lipinski definition) is 2. The van der Waals surface area contributed by atoms with Crippen molar-refractivity contribution in [3.8, 4) is 0 Å². The van der Waals surface area contributed by atoms with E-state index in [1.54, 1.807) is 24.3 Å². The molecule has 0 aliphatic heterocycles. The molecule has 7 heteroatoms. The first-order chi connectivity index (χ1) is 13.3. The lowest BCUT2D eigenvalue weighted by Crippen LogP contribution is -2.40. The van der Waals surface area contributed by atoms with E-state index >= 15 is 0 Å². The molecule has 0 bridgehead atoms. The second-order valence-corrected chi connectivity index (χ2v) is 6.84. The van der Waals surface area contributed by atoms with Crippen molar-refractivity contribution in [1.29, 1.82) is 0 Å². The normalized spacial score (nSPS) is 11.4. The number of aryl methyl sites for hydroxylation is 2. The van der Waals surface area contributed by atoms with Crippen LogP contribution >= 0.6 is 11.6 Å². The fraction of sp³-hybridized carbons (Fsp3) is 0.286. The average Bonchev–Trinajstić information content (AvgIpc) is 2.64. The Balaban J connectivity index is 1.81. The van der Waals surface area contributed by atoms with Crippen LogP contribution in [0.15, 0.2) is 42.5 Å². The highest BCUT2D eigenvalue weighted by Crippen LogP contribution is 2.19. The van der Waals surface area contributed by atoms with Crippen LogP contribution in [-0.2, 0) is 25.5 Å². The van der Waals surface area contributed by atoms with Gasteiger partial charge in [-0.15, -0.1) is 0 Å². The third-order valence-corrected chi connectivity index (χ3v) is 4.51. The average molecular weight is 403 g/mol. The van der Waals surface area contributed by atoms with Gasteiger partial charge >= 0.3 is 5.97 Å². The van der Waals surface area contributed by atoms with Crippen LogP contribution in [0.2, 0.25) is 5.02 Å². The molecule has 2 rings (SSSR count). The van der Waals surface area contributed by atoms with E-state index in [4.69, 9.17) is 16.3 Å². The van der Waals surface area contributed by atoms with Gasteiger partial charge in [-0.2, -0.15) is 0 Å². The SMILES string of the molecule is Cc1cccc(C)c1NC(=O)CNC(=O)C(C)OC(=O)Cc1ccccc1Cl. The van der Waals surface area contributed by atoms with Gasteiger partial charge in [0.1, 0.15) is 0 Å². The van der Waals surface area contributed by atoms with Crippen molar-refractivity contribution in [2.24, 2.45) is 0 Å². The number of nitrogens with one attached hydrogen (secondary N) is 2. The number of para-hydroxylation sites is 1. The van der Waals surface area contributed by atoms with E-state index in [0.29, 0.717) is 10.6 Å². The Hall–Kier alpha value is -2.86. The molecule has 0 spiro atoms. The van der Waals surface area contributed by atoms with Gasteiger partial charge in [-0.1, -0.05) is 48.0 Å². The molecule has 0 saturated heterocycles. The highest BCUT2D eigenvalue weighted by Gasteiger charge is 2.19. The van der Waals surface area contributed by atoms with E-state index in [0.717, 1.165) is 16.8 Å². The van der Waals surface area contributed by atoms with Gasteiger partial charge in [-0.25, -0.2) is 0 Å². The van der Waals surface area contributed by atoms with Crippen LogP contribution in [0.4, 0.5) is 5.69 Å². The van der Waals surface area contributed by atoms with Crippen LogP contribution in [0, 0.1) is 13.8 Å². The lowest BCUT2D eigenvalue weighted by Gasteiger charge is -2.15. The molecule has 0 heterocycles. The third-order valence-electron chi connectivity index (χ3n) is 4.14. The van der Waals surface area contributed by atoms with E-state index in [-0.39, 0.29) is 18.9 Å². The number of hydrogen-bond acceptors (Lipinski definition) is 4. The highest BCUT2D eigenvalue weighted by molar-refractivity contribution is 6.31. The summed E-state index contributed by atoms with van der Waals surface area (Å²) >= 11 is 6.01. The Bertz CT molecular complexity index is 862. The molecule has 1 atom stereocenters. The number of amides is 2. The van der Waals surface area contributed by atoms with E-state index in [9.17, 15) is 14.4 Å². The summed E-state index contributed by atoms with van der Waals surface area (Å²) in [5, 5.41) is 5.70. The smallest absolute Gasteiger partial charge is 0.311 e. The second kappa shape index (κ2) is 9.90. The first-order valence-corrected chi connectivity index (χ1v) is 9.22. The summed E-state index contributed by atoms with van der Waals surface area (Å²) < 4.78 is 5.12. The Kier molecular flexibility index (Phi) is 7.58. The molecule has 6 nitrogen and oxygen atoms in total. The van der Waals surface area contributed by atoms with Crippen LogP contribution in [0.25, 0.3) is 0 Å². The molecule has 0 aromatic heterocycles. The quantitative estimate of drug-likeness (QED) is 0.696. The summed E-state index contributed by atoms with van der Waals surface area (Å²) in [5.41, 5.74) is 3.21. The third kappa shape index (κ3) is 6.09. The first-order valence-electron chi connectivity index (χ1n) is 8.84. The topological polar surface area (TPSA) is 84.5 Å². The predicted octanol–water partition coefficient (Wildman–Crippen LogP) is 3.19. The minimum Gasteiger partial charge on any atom is -0.452 e. The maximum atomic E-state index is 12.1. The number of halogens is 1. The maximum absolute atomic E-state index is 12.1. The predicted molar refractivity (Wildman–Crippen MR) is 108 cm³/mol. The standard InChI is InChI=1S/C21H23ClN2O4/c1-13-7-6-8-14(2)20(13)24-18(25)12-23-21(27)15(3)28-19(26)11-16-9-4-5-10-17(16)22/h4-10,15H,11-12H2,1-3H3,(H,23,27)(H,24,25). The van der Waals surface area contributed by atoms with Crippen molar-refractivity contribution in [3.63, 3.8) is 0 Å². The largest absolute Gasteiger partial charge is 0.452 e. The Morgan fingerprint density at radius 2 is 1.68 bits per heavy atom. The zero-order valence-electron chi connectivity index (χ0n) is 16.0. The van der Waals surface area contributed by atoms with Crippen molar-refractivity contribution in [1.82, 2.24) is 5.32 Å². The Morgan fingerprint density at radius 3 is 2.32 bits per heavy atom. The fourth-order valence-electron chi connectivity index (χ4n) is 2.60. The minimum atomic E-state index is -1.03. The molecule has 2 aromatic rings. The molecule has 2 N–H and O–H groups in total. The molecule has 148 valence electrons. The molecular weight excluding hydrogens is 380 g/mol. The minimum absolute atomic E-state index is 0.0374. The molecule has 0 radical (unpaired) electrons. The van der Waals surface area contributed by atoms with Gasteiger partial charge in [0.15, 0.2) is 6.10 Å². The molecule has 0 aliphatic rings. The summed E-state index contributed by atoms with van der Waals surface area (Å²) in [5.74, 6) is -1.49. The zero-order valence-corrected chi connectivity index (χ0v) is 16.8. The number of ether oxygens (including phenoxy) is 1. The fourth-order valence-corrected chi connectivity index (χ4v) is 2.80. The number of rotatable bonds is 7. The summed E-state index contributed by atoms with van der Waals surface area (Å²) in [4.78, 5) is 36.2. The van der Waals surface area contributed by atoms with Crippen molar-refractivity contribution in [2.45, 2.75) is 33.3 Å². The maximum Gasteiger partial charge on any atom is 0.311 e. The number of carbonyl (C=O) groups excluding carboxylic acids is 3. The van der Waals surface area contributed by atoms with Crippen LogP contribution in [0.3, 0.4) is 0 Å². The van der Waals surface area contributed by atoms with E-state index < -0.39 is 18.0 Å². The number of benzene rings is 2. The molecule has 2 amide bonds. The molecule has 0 aliphatic carbocycles. The summed E-state index contributed by atoms with van der Waals surface area (Å²) in [7, 11) is 0. The van der Waals surface area contributed by atoms with Gasteiger partial charge in [0.25, 0.3) is 5.91 Å². The molecule has 0 saturated carbocycles. The second-order valence-electron chi connectivity index (χ2n) is 6.43. The highest BCUT2D eigenvalue weighted by atomic mass is 35.5. The van der Waals surface area contributed by atoms with Gasteiger partial charge in [0, 0.05) is 10.7 Å². The van der Waals surface area contributed by atoms with Gasteiger partial charge in [-0.3, -0.25) is 14.4 Å². The van der Waals surface area contributed by atoms with Gasteiger partial charge < -0.3 is 15.4 Å². The van der Waals surface area contributed by atoms with E-state index in [1.807, 2.05) is 32.0 Å². The van der Waals surface area contributed by atoms with Crippen molar-refractivity contribution in [3.05, 3.63) is 64.2 Å². The summed E-state index contributed by atoms with van der Waals surface area (Å²) in [6.07, 6.45) is -1.06. The molecule has 1 unspecified atom stereocenters. The van der Waals surface area contributed by atoms with Gasteiger partial charge in [0.2, 0.25) is 5.91 Å². The molecule has 28 heavy (non-hydrogen) atoms. The summed E-state index contributed by atoms with van der Waals surface area (Å²) in [6, 6.07) is 12.6. The van der Waals surface area contributed by atoms with Crippen molar-refractivity contribution < 1.29 is 19.1 Å². The van der Waals surface area contributed by atoms with Crippen molar-refractivity contribution in [2.75, 3.05) is 11.9 Å².